The zero-order valence-corrected chi connectivity index (χ0v) is 13.0. The first-order valence-electron chi connectivity index (χ1n) is 8.30. The van der Waals surface area contributed by atoms with E-state index >= 15 is 0 Å². The molecule has 1 aromatic heterocycles. The fourth-order valence-electron chi connectivity index (χ4n) is 2.76. The lowest BCUT2D eigenvalue weighted by atomic mass is 10.2. The van der Waals surface area contributed by atoms with E-state index in [1.165, 1.54) is 25.7 Å². The Labute approximate surface area is 126 Å². The Hall–Kier alpha value is -0.980. The lowest BCUT2D eigenvalue weighted by Gasteiger charge is -2.23. The second-order valence-corrected chi connectivity index (χ2v) is 6.16. The molecule has 0 amide bonds. The largest absolute Gasteiger partial charge is 0.377 e. The highest BCUT2D eigenvalue weighted by Crippen LogP contribution is 2.18. The molecular weight excluding hydrogens is 266 g/mol. The van der Waals surface area contributed by atoms with Crippen molar-refractivity contribution in [1.29, 1.82) is 0 Å². The number of likely N-dealkylation sites (N-methyl/N-ethyl adjacent to an activating group) is 1. The molecule has 0 radical (unpaired) electrons. The van der Waals surface area contributed by atoms with Crippen LogP contribution in [0.15, 0.2) is 6.20 Å². The summed E-state index contributed by atoms with van der Waals surface area (Å²) in [6.45, 7) is 8.00. The van der Waals surface area contributed by atoms with Crippen LogP contribution < -0.4 is 5.32 Å². The van der Waals surface area contributed by atoms with Crippen molar-refractivity contribution in [2.24, 2.45) is 0 Å². The van der Waals surface area contributed by atoms with E-state index in [4.69, 9.17) is 4.74 Å². The summed E-state index contributed by atoms with van der Waals surface area (Å²) in [6.07, 6.45) is 7.53. The van der Waals surface area contributed by atoms with Crippen molar-refractivity contribution in [2.75, 3.05) is 26.2 Å². The molecule has 0 spiro atoms. The van der Waals surface area contributed by atoms with Gasteiger partial charge >= 0.3 is 0 Å². The van der Waals surface area contributed by atoms with Crippen molar-refractivity contribution in [2.45, 2.75) is 57.8 Å². The van der Waals surface area contributed by atoms with Gasteiger partial charge in [-0.2, -0.15) is 0 Å². The fourth-order valence-corrected chi connectivity index (χ4v) is 2.76. The van der Waals surface area contributed by atoms with Crippen LogP contribution in [0, 0.1) is 0 Å². The molecule has 2 fully saturated rings. The van der Waals surface area contributed by atoms with E-state index in [0.717, 1.165) is 51.1 Å². The fraction of sp³-hybridized carbons (Fsp3) is 0.867. The van der Waals surface area contributed by atoms with Crippen LogP contribution in [0.25, 0.3) is 0 Å². The van der Waals surface area contributed by atoms with Gasteiger partial charge in [0, 0.05) is 38.5 Å². The first kappa shape index (κ1) is 14.9. The van der Waals surface area contributed by atoms with E-state index in [2.05, 4.69) is 33.6 Å². The van der Waals surface area contributed by atoms with Gasteiger partial charge in [0.25, 0.3) is 0 Å². The van der Waals surface area contributed by atoms with Gasteiger partial charge in [0.2, 0.25) is 0 Å². The molecule has 21 heavy (non-hydrogen) atoms. The first-order valence-corrected chi connectivity index (χ1v) is 8.30. The highest BCUT2D eigenvalue weighted by atomic mass is 16.5. The summed E-state index contributed by atoms with van der Waals surface area (Å²) in [5, 5.41) is 11.9. The maximum atomic E-state index is 5.72. The molecule has 1 aliphatic carbocycles. The molecule has 0 bridgehead atoms. The summed E-state index contributed by atoms with van der Waals surface area (Å²) in [5.74, 6) is 0. The maximum Gasteiger partial charge on any atom is 0.0964 e. The molecule has 1 saturated heterocycles. The van der Waals surface area contributed by atoms with Gasteiger partial charge in [-0.3, -0.25) is 9.58 Å². The lowest BCUT2D eigenvalue weighted by molar-refractivity contribution is 0.0733. The van der Waals surface area contributed by atoms with Crippen LogP contribution in [0.1, 0.15) is 38.3 Å². The predicted octanol–water partition coefficient (Wildman–Crippen LogP) is 1.03. The summed E-state index contributed by atoms with van der Waals surface area (Å²) in [5.41, 5.74) is 1.05. The molecule has 2 aliphatic rings. The van der Waals surface area contributed by atoms with Gasteiger partial charge < -0.3 is 10.1 Å². The Bertz CT molecular complexity index is 425. The summed E-state index contributed by atoms with van der Waals surface area (Å²) >= 11 is 0. The number of aromatic nitrogens is 3. The Kier molecular flexibility index (Phi) is 5.22. The van der Waals surface area contributed by atoms with E-state index < -0.39 is 0 Å². The zero-order valence-electron chi connectivity index (χ0n) is 13.0. The average molecular weight is 293 g/mol. The number of nitrogens with zero attached hydrogens (tertiary/aromatic N) is 4. The van der Waals surface area contributed by atoms with Gasteiger partial charge in [-0.05, 0) is 32.2 Å². The zero-order chi connectivity index (χ0) is 14.5. The number of hydrogen-bond acceptors (Lipinski definition) is 5. The van der Waals surface area contributed by atoms with Crippen molar-refractivity contribution in [3.63, 3.8) is 0 Å². The number of rotatable bonds is 9. The minimum Gasteiger partial charge on any atom is -0.377 e. The molecule has 1 saturated carbocycles. The Morgan fingerprint density at radius 2 is 2.33 bits per heavy atom. The highest BCUT2D eigenvalue weighted by Gasteiger charge is 2.20. The van der Waals surface area contributed by atoms with Crippen molar-refractivity contribution in [3.8, 4) is 0 Å². The second-order valence-electron chi connectivity index (χ2n) is 6.16. The molecule has 3 rings (SSSR count). The van der Waals surface area contributed by atoms with Crippen LogP contribution >= 0.6 is 0 Å². The van der Waals surface area contributed by atoms with Crippen LogP contribution in [0.2, 0.25) is 0 Å². The lowest BCUT2D eigenvalue weighted by Crippen LogP contribution is -2.34. The molecule has 2 heterocycles. The standard InChI is InChI=1S/C15H27N5O/c1-2-19(12-15-4-3-9-21-15)7-8-20-11-14(17-18-20)10-16-13-5-6-13/h11,13,15-16H,2-10,12H2,1H3. The first-order chi connectivity index (χ1) is 10.3. The number of nitrogens with one attached hydrogen (secondary N) is 1. The molecule has 6 heteroatoms. The van der Waals surface area contributed by atoms with E-state index in [-0.39, 0.29) is 0 Å². The Balaban J connectivity index is 1.39. The predicted molar refractivity (Wildman–Crippen MR) is 81.0 cm³/mol. The van der Waals surface area contributed by atoms with Crippen LogP contribution in [0.3, 0.4) is 0 Å². The number of ether oxygens (including phenoxy) is 1. The third kappa shape index (κ3) is 4.76. The van der Waals surface area contributed by atoms with Gasteiger partial charge in [-0.15, -0.1) is 5.10 Å². The van der Waals surface area contributed by atoms with Crippen LogP contribution in [0.5, 0.6) is 0 Å². The second kappa shape index (κ2) is 7.33. The van der Waals surface area contributed by atoms with E-state index in [1.807, 2.05) is 4.68 Å². The summed E-state index contributed by atoms with van der Waals surface area (Å²) in [4.78, 5) is 2.44. The van der Waals surface area contributed by atoms with Crippen LogP contribution in [-0.4, -0.2) is 58.3 Å². The average Bonchev–Trinajstić information content (AvgIpc) is 3.00. The molecule has 118 valence electrons. The van der Waals surface area contributed by atoms with Crippen molar-refractivity contribution < 1.29 is 4.74 Å². The molecular formula is C15H27N5O. The summed E-state index contributed by atoms with van der Waals surface area (Å²) in [7, 11) is 0. The molecule has 1 unspecified atom stereocenters. The minimum absolute atomic E-state index is 0.430. The third-order valence-electron chi connectivity index (χ3n) is 4.31. The van der Waals surface area contributed by atoms with Crippen molar-refractivity contribution >= 4 is 0 Å². The Morgan fingerprint density at radius 3 is 3.05 bits per heavy atom. The molecule has 1 atom stereocenters. The molecule has 0 aromatic carbocycles. The topological polar surface area (TPSA) is 55.2 Å². The SMILES string of the molecule is CCN(CCn1cc(CNC2CC2)nn1)CC1CCCO1. The molecule has 1 N–H and O–H groups in total. The highest BCUT2D eigenvalue weighted by molar-refractivity contribution is 4.94. The molecule has 1 aromatic rings. The molecule has 6 nitrogen and oxygen atoms in total. The van der Waals surface area contributed by atoms with Gasteiger partial charge in [0.1, 0.15) is 0 Å². The van der Waals surface area contributed by atoms with Gasteiger partial charge in [-0.1, -0.05) is 12.1 Å². The normalized spacial score (nSPS) is 22.3. The van der Waals surface area contributed by atoms with Crippen LogP contribution in [-0.2, 0) is 17.8 Å². The number of hydrogen-bond donors (Lipinski definition) is 1. The van der Waals surface area contributed by atoms with E-state index in [1.54, 1.807) is 0 Å². The van der Waals surface area contributed by atoms with Crippen LogP contribution in [0.4, 0.5) is 0 Å². The molecule has 1 aliphatic heterocycles. The van der Waals surface area contributed by atoms with Gasteiger partial charge in [0.05, 0.1) is 18.3 Å². The summed E-state index contributed by atoms with van der Waals surface area (Å²) in [6, 6.07) is 0.720. The van der Waals surface area contributed by atoms with Crippen molar-refractivity contribution in [3.05, 3.63) is 11.9 Å². The Morgan fingerprint density at radius 1 is 1.43 bits per heavy atom. The third-order valence-corrected chi connectivity index (χ3v) is 4.31. The quantitative estimate of drug-likeness (QED) is 0.737. The summed E-state index contributed by atoms with van der Waals surface area (Å²) < 4.78 is 7.68. The smallest absolute Gasteiger partial charge is 0.0964 e. The maximum absolute atomic E-state index is 5.72. The van der Waals surface area contributed by atoms with Crippen molar-refractivity contribution in [1.82, 2.24) is 25.2 Å². The monoisotopic (exact) mass is 293 g/mol. The van der Waals surface area contributed by atoms with Gasteiger partial charge in [0.15, 0.2) is 0 Å². The minimum atomic E-state index is 0.430. The van der Waals surface area contributed by atoms with E-state index in [0.29, 0.717) is 6.10 Å². The van der Waals surface area contributed by atoms with Gasteiger partial charge in [-0.25, -0.2) is 0 Å². The van der Waals surface area contributed by atoms with E-state index in [9.17, 15) is 0 Å².